The molecule has 206 valence electrons. The van der Waals surface area contributed by atoms with Crippen LogP contribution in [0.3, 0.4) is 0 Å². The first kappa shape index (κ1) is 26.4. The van der Waals surface area contributed by atoms with Gasteiger partial charge in [0.05, 0.1) is 38.9 Å². The molecule has 0 bridgehead atoms. The fourth-order valence-electron chi connectivity index (χ4n) is 4.86. The summed E-state index contributed by atoms with van der Waals surface area (Å²) in [6.07, 6.45) is 0.717. The van der Waals surface area contributed by atoms with Gasteiger partial charge in [0.15, 0.2) is 28.8 Å². The van der Waals surface area contributed by atoms with Crippen LogP contribution >= 0.6 is 0 Å². The van der Waals surface area contributed by atoms with E-state index in [0.29, 0.717) is 66.8 Å². The molecule has 3 heterocycles. The number of aromatic nitrogens is 5. The SMILES string of the molecule is CC[C@@H](c1nnnn1CCOC)N(Cc1ccc2c(c1)OCO2)Cc1cc2cc(OC)c(OC)cc2[nH]c1=O. The lowest BCUT2D eigenvalue weighted by molar-refractivity contribution is 0.150. The maximum Gasteiger partial charge on any atom is 0.252 e. The molecular weight excluding hydrogens is 504 g/mol. The van der Waals surface area contributed by atoms with Crippen LogP contribution in [0.4, 0.5) is 0 Å². The highest BCUT2D eigenvalue weighted by Crippen LogP contribution is 2.35. The smallest absolute Gasteiger partial charge is 0.252 e. The standard InChI is InChI=1S/C27H32N6O6/c1-5-21(26-29-30-31-33(26)8-9-35-2)32(14-17-6-7-22-25(10-17)39-16-38-22)15-19-11-18-12-23(36-3)24(37-4)13-20(18)28-27(19)34/h6-7,10-13,21H,5,8-9,14-16H2,1-4H3,(H,28,34)/t21-/m0/s1. The molecular formula is C27H32N6O6. The van der Waals surface area contributed by atoms with E-state index in [-0.39, 0.29) is 18.4 Å². The van der Waals surface area contributed by atoms with Crippen LogP contribution in [0.15, 0.2) is 41.2 Å². The number of aromatic amines is 1. The van der Waals surface area contributed by atoms with E-state index >= 15 is 0 Å². The van der Waals surface area contributed by atoms with Gasteiger partial charge in [0.25, 0.3) is 5.56 Å². The second-order valence-corrected chi connectivity index (χ2v) is 9.19. The molecule has 0 unspecified atom stereocenters. The van der Waals surface area contributed by atoms with E-state index < -0.39 is 0 Å². The predicted molar refractivity (Wildman–Crippen MR) is 142 cm³/mol. The highest BCUT2D eigenvalue weighted by atomic mass is 16.7. The van der Waals surface area contributed by atoms with Gasteiger partial charge >= 0.3 is 0 Å². The number of rotatable bonds is 12. The van der Waals surface area contributed by atoms with Crippen molar-refractivity contribution in [2.75, 3.05) is 34.7 Å². The number of nitrogens with one attached hydrogen (secondary N) is 1. The number of nitrogens with zero attached hydrogens (tertiary/aromatic N) is 5. The molecule has 0 spiro atoms. The third-order valence-corrected chi connectivity index (χ3v) is 6.81. The molecule has 2 aromatic heterocycles. The van der Waals surface area contributed by atoms with Crippen LogP contribution in [0.1, 0.15) is 36.3 Å². The molecule has 0 saturated heterocycles. The molecule has 4 aromatic rings. The van der Waals surface area contributed by atoms with Crippen molar-refractivity contribution in [3.05, 3.63) is 63.7 Å². The van der Waals surface area contributed by atoms with Gasteiger partial charge in [-0.25, -0.2) is 4.68 Å². The van der Waals surface area contributed by atoms with Crippen molar-refractivity contribution in [3.8, 4) is 23.0 Å². The Hall–Kier alpha value is -4.16. The average Bonchev–Trinajstić information content (AvgIpc) is 3.61. The van der Waals surface area contributed by atoms with Gasteiger partial charge in [-0.15, -0.1) is 5.10 Å². The number of tetrazole rings is 1. The van der Waals surface area contributed by atoms with Crippen LogP contribution in [0.25, 0.3) is 10.9 Å². The Kier molecular flexibility index (Phi) is 7.94. The van der Waals surface area contributed by atoms with Crippen molar-refractivity contribution >= 4 is 10.9 Å². The van der Waals surface area contributed by atoms with Gasteiger partial charge in [0.2, 0.25) is 6.79 Å². The Balaban J connectivity index is 1.53. The molecule has 1 atom stereocenters. The Morgan fingerprint density at radius 1 is 1.05 bits per heavy atom. The minimum Gasteiger partial charge on any atom is -0.493 e. The van der Waals surface area contributed by atoms with Crippen molar-refractivity contribution in [1.82, 2.24) is 30.1 Å². The van der Waals surface area contributed by atoms with Crippen LogP contribution < -0.4 is 24.5 Å². The third kappa shape index (κ3) is 5.52. The number of hydrogen-bond donors (Lipinski definition) is 1. The summed E-state index contributed by atoms with van der Waals surface area (Å²) >= 11 is 0. The number of methoxy groups -OCH3 is 3. The molecule has 12 heteroatoms. The lowest BCUT2D eigenvalue weighted by atomic mass is 10.1. The minimum absolute atomic E-state index is 0.178. The molecule has 2 aromatic carbocycles. The van der Waals surface area contributed by atoms with Crippen LogP contribution in [0.2, 0.25) is 0 Å². The topological polar surface area (TPSA) is 126 Å². The molecule has 1 aliphatic heterocycles. The second kappa shape index (κ2) is 11.7. The van der Waals surface area contributed by atoms with E-state index in [1.54, 1.807) is 32.1 Å². The normalized spacial score (nSPS) is 13.3. The van der Waals surface area contributed by atoms with E-state index in [4.69, 9.17) is 23.7 Å². The van der Waals surface area contributed by atoms with E-state index in [1.165, 1.54) is 0 Å². The van der Waals surface area contributed by atoms with Crippen LogP contribution in [-0.2, 0) is 24.4 Å². The molecule has 0 radical (unpaired) electrons. The number of hydrogen-bond acceptors (Lipinski definition) is 10. The lowest BCUT2D eigenvalue weighted by Crippen LogP contribution is -2.32. The van der Waals surface area contributed by atoms with Crippen molar-refractivity contribution in [2.45, 2.75) is 39.0 Å². The summed E-state index contributed by atoms with van der Waals surface area (Å²) in [7, 11) is 4.79. The summed E-state index contributed by atoms with van der Waals surface area (Å²) in [5.41, 5.74) is 2.10. The predicted octanol–water partition coefficient (Wildman–Crippen LogP) is 3.06. The van der Waals surface area contributed by atoms with E-state index in [0.717, 1.165) is 16.7 Å². The minimum atomic E-state index is -0.181. The number of ether oxygens (including phenoxy) is 5. The summed E-state index contributed by atoms with van der Waals surface area (Å²) in [4.78, 5) is 18.5. The Labute approximate surface area is 225 Å². The maximum absolute atomic E-state index is 13.3. The van der Waals surface area contributed by atoms with Crippen LogP contribution in [-0.4, -0.2) is 64.8 Å². The largest absolute Gasteiger partial charge is 0.493 e. The Morgan fingerprint density at radius 3 is 2.62 bits per heavy atom. The fraction of sp³-hybridized carbons (Fsp3) is 0.407. The molecule has 5 rings (SSSR count). The first-order chi connectivity index (χ1) is 19.0. The lowest BCUT2D eigenvalue weighted by Gasteiger charge is -2.30. The van der Waals surface area contributed by atoms with Crippen molar-refractivity contribution in [2.24, 2.45) is 0 Å². The number of H-pyrrole nitrogens is 1. The van der Waals surface area contributed by atoms with Crippen molar-refractivity contribution in [1.29, 1.82) is 0 Å². The average molecular weight is 537 g/mol. The maximum atomic E-state index is 13.3. The Bertz CT molecular complexity index is 1500. The van der Waals surface area contributed by atoms with E-state index in [9.17, 15) is 4.79 Å². The molecule has 0 aliphatic carbocycles. The zero-order chi connectivity index (χ0) is 27.4. The fourth-order valence-corrected chi connectivity index (χ4v) is 4.86. The summed E-state index contributed by atoms with van der Waals surface area (Å²) < 4.78 is 29.0. The summed E-state index contributed by atoms with van der Waals surface area (Å²) in [5, 5.41) is 13.3. The monoisotopic (exact) mass is 536 g/mol. The molecule has 12 nitrogen and oxygen atoms in total. The zero-order valence-corrected chi connectivity index (χ0v) is 22.5. The summed E-state index contributed by atoms with van der Waals surface area (Å²) in [6, 6.07) is 11.2. The molecule has 0 saturated carbocycles. The first-order valence-electron chi connectivity index (χ1n) is 12.7. The van der Waals surface area contributed by atoms with Gasteiger partial charge in [0.1, 0.15) is 0 Å². The van der Waals surface area contributed by atoms with Crippen molar-refractivity contribution < 1.29 is 23.7 Å². The van der Waals surface area contributed by atoms with Gasteiger partial charge in [-0.2, -0.15) is 0 Å². The molecule has 1 N–H and O–H groups in total. The zero-order valence-electron chi connectivity index (χ0n) is 22.5. The highest BCUT2D eigenvalue weighted by Gasteiger charge is 2.27. The van der Waals surface area contributed by atoms with Crippen LogP contribution in [0.5, 0.6) is 23.0 Å². The van der Waals surface area contributed by atoms with Gasteiger partial charge in [-0.05, 0) is 46.7 Å². The molecule has 39 heavy (non-hydrogen) atoms. The van der Waals surface area contributed by atoms with Crippen LogP contribution in [0, 0.1) is 0 Å². The first-order valence-corrected chi connectivity index (χ1v) is 12.7. The van der Waals surface area contributed by atoms with Gasteiger partial charge < -0.3 is 28.7 Å². The number of pyridine rings is 1. The highest BCUT2D eigenvalue weighted by molar-refractivity contribution is 5.83. The van der Waals surface area contributed by atoms with Gasteiger partial charge in [0, 0.05) is 37.2 Å². The molecule has 0 amide bonds. The third-order valence-electron chi connectivity index (χ3n) is 6.81. The van der Waals surface area contributed by atoms with Gasteiger partial charge in [-0.3, -0.25) is 9.69 Å². The summed E-state index contributed by atoms with van der Waals surface area (Å²) in [6.45, 7) is 4.15. The molecule has 0 fully saturated rings. The Morgan fingerprint density at radius 2 is 1.85 bits per heavy atom. The summed E-state index contributed by atoms with van der Waals surface area (Å²) in [5.74, 6) is 3.26. The number of benzene rings is 2. The second-order valence-electron chi connectivity index (χ2n) is 9.19. The van der Waals surface area contributed by atoms with E-state index in [1.807, 2.05) is 30.3 Å². The van der Waals surface area contributed by atoms with E-state index in [2.05, 4.69) is 32.3 Å². The van der Waals surface area contributed by atoms with Crippen molar-refractivity contribution in [3.63, 3.8) is 0 Å². The number of fused-ring (bicyclic) bond motifs is 2. The quantitative estimate of drug-likeness (QED) is 0.289. The van der Waals surface area contributed by atoms with Gasteiger partial charge in [-0.1, -0.05) is 13.0 Å². The molecule has 1 aliphatic rings.